The van der Waals surface area contributed by atoms with E-state index in [0.29, 0.717) is 29.3 Å². The fourth-order valence-corrected chi connectivity index (χ4v) is 4.27. The Labute approximate surface area is 172 Å². The molecule has 0 saturated carbocycles. The Balaban J connectivity index is 2.39. The number of nitrogens with one attached hydrogen (secondary N) is 1. The number of carbonyl (C=O) groups excluding carboxylic acids is 1. The molecule has 7 nitrogen and oxygen atoms in total. The quantitative estimate of drug-likeness (QED) is 0.706. The number of hydrogen-bond donors (Lipinski definition) is 1. The number of ether oxygens (including phenoxy) is 2. The van der Waals surface area contributed by atoms with Gasteiger partial charge in [0.05, 0.1) is 26.2 Å². The van der Waals surface area contributed by atoms with Gasteiger partial charge in [-0.2, -0.15) is 0 Å². The van der Waals surface area contributed by atoms with Crippen molar-refractivity contribution in [1.82, 2.24) is 0 Å². The minimum Gasteiger partial charge on any atom is -0.493 e. The molecule has 0 spiro atoms. The first kappa shape index (κ1) is 22.5. The van der Waals surface area contributed by atoms with E-state index in [1.54, 1.807) is 37.3 Å². The summed E-state index contributed by atoms with van der Waals surface area (Å²) in [4.78, 5) is 13.0. The Hall–Kier alpha value is -2.74. The van der Waals surface area contributed by atoms with E-state index in [-0.39, 0.29) is 0 Å². The highest BCUT2D eigenvalue weighted by molar-refractivity contribution is 7.92. The summed E-state index contributed by atoms with van der Waals surface area (Å²) >= 11 is 0. The van der Waals surface area contributed by atoms with Gasteiger partial charge in [0.1, 0.15) is 6.04 Å². The number of methoxy groups -OCH3 is 2. The van der Waals surface area contributed by atoms with Crippen LogP contribution in [0.2, 0.25) is 0 Å². The molecule has 158 valence electrons. The van der Waals surface area contributed by atoms with Crippen molar-refractivity contribution in [3.05, 3.63) is 47.5 Å². The second-order valence-corrected chi connectivity index (χ2v) is 8.67. The third kappa shape index (κ3) is 5.20. The third-order valence-electron chi connectivity index (χ3n) is 4.73. The van der Waals surface area contributed by atoms with Gasteiger partial charge >= 0.3 is 0 Å². The van der Waals surface area contributed by atoms with Crippen molar-refractivity contribution in [3.8, 4) is 11.5 Å². The van der Waals surface area contributed by atoms with Crippen LogP contribution in [-0.2, 0) is 14.8 Å². The monoisotopic (exact) mass is 420 g/mol. The van der Waals surface area contributed by atoms with Crippen LogP contribution in [0.15, 0.2) is 36.4 Å². The van der Waals surface area contributed by atoms with E-state index in [2.05, 4.69) is 5.32 Å². The lowest BCUT2D eigenvalue weighted by atomic mass is 10.1. The molecule has 0 unspecified atom stereocenters. The average Bonchev–Trinajstić information content (AvgIpc) is 2.67. The number of carbonyl (C=O) groups is 1. The Morgan fingerprint density at radius 2 is 1.69 bits per heavy atom. The lowest BCUT2D eigenvalue weighted by Crippen LogP contribution is -2.47. The largest absolute Gasteiger partial charge is 0.493 e. The molecule has 0 fully saturated rings. The van der Waals surface area contributed by atoms with Crippen molar-refractivity contribution in [1.29, 1.82) is 0 Å². The number of rotatable bonds is 8. The number of hydrogen-bond acceptors (Lipinski definition) is 5. The maximum absolute atomic E-state index is 13.0. The summed E-state index contributed by atoms with van der Waals surface area (Å²) in [7, 11) is -0.664. The van der Waals surface area contributed by atoms with Crippen LogP contribution in [0.1, 0.15) is 24.5 Å². The maximum Gasteiger partial charge on any atom is 0.248 e. The SMILES string of the molecule is CC[C@H](C(=O)Nc1ccc(OC)c(OC)c1)N(c1ccc(C)c(C)c1)S(C)(=O)=O. The first-order valence-electron chi connectivity index (χ1n) is 9.21. The smallest absolute Gasteiger partial charge is 0.248 e. The third-order valence-corrected chi connectivity index (χ3v) is 5.91. The van der Waals surface area contributed by atoms with Crippen molar-refractivity contribution in [2.75, 3.05) is 30.1 Å². The predicted octanol–water partition coefficient (Wildman–Crippen LogP) is 3.50. The van der Waals surface area contributed by atoms with Crippen LogP contribution in [0.5, 0.6) is 11.5 Å². The van der Waals surface area contributed by atoms with Crippen molar-refractivity contribution in [2.45, 2.75) is 33.2 Å². The second-order valence-electron chi connectivity index (χ2n) is 6.81. The Morgan fingerprint density at radius 3 is 2.21 bits per heavy atom. The van der Waals surface area contributed by atoms with Crippen LogP contribution in [0.25, 0.3) is 0 Å². The van der Waals surface area contributed by atoms with Gasteiger partial charge in [-0.15, -0.1) is 0 Å². The first-order chi connectivity index (χ1) is 13.6. The molecule has 8 heteroatoms. The average molecular weight is 421 g/mol. The lowest BCUT2D eigenvalue weighted by molar-refractivity contribution is -0.117. The van der Waals surface area contributed by atoms with Crippen molar-refractivity contribution in [2.24, 2.45) is 0 Å². The molecule has 1 N–H and O–H groups in total. The van der Waals surface area contributed by atoms with E-state index >= 15 is 0 Å². The number of anilines is 2. The second kappa shape index (κ2) is 9.17. The van der Waals surface area contributed by atoms with Crippen LogP contribution in [0.4, 0.5) is 11.4 Å². The van der Waals surface area contributed by atoms with Gasteiger partial charge in [-0.1, -0.05) is 13.0 Å². The first-order valence-corrected chi connectivity index (χ1v) is 11.1. The Morgan fingerprint density at radius 1 is 1.03 bits per heavy atom. The fourth-order valence-electron chi connectivity index (χ4n) is 3.06. The molecule has 0 aliphatic carbocycles. The summed E-state index contributed by atoms with van der Waals surface area (Å²) in [6.07, 6.45) is 1.41. The number of sulfonamides is 1. The zero-order valence-corrected chi connectivity index (χ0v) is 18.5. The van der Waals surface area contributed by atoms with Crippen molar-refractivity contribution < 1.29 is 22.7 Å². The molecule has 0 bridgehead atoms. The van der Waals surface area contributed by atoms with Gasteiger partial charge in [0.2, 0.25) is 15.9 Å². The zero-order chi connectivity index (χ0) is 21.8. The van der Waals surface area contributed by atoms with Crippen molar-refractivity contribution >= 4 is 27.3 Å². The summed E-state index contributed by atoms with van der Waals surface area (Å²) in [5, 5.41) is 2.79. The zero-order valence-electron chi connectivity index (χ0n) is 17.6. The summed E-state index contributed by atoms with van der Waals surface area (Å²) < 4.78 is 36.8. The van der Waals surface area contributed by atoms with Crippen LogP contribution in [-0.4, -0.2) is 40.8 Å². The molecule has 0 aliphatic rings. The summed E-state index contributed by atoms with van der Waals surface area (Å²) in [6.45, 7) is 5.63. The van der Waals surface area contributed by atoms with Crippen LogP contribution in [0, 0.1) is 13.8 Å². The molecule has 2 aromatic carbocycles. The molecule has 29 heavy (non-hydrogen) atoms. The number of aryl methyl sites for hydroxylation is 2. The van der Waals surface area contributed by atoms with E-state index in [0.717, 1.165) is 17.4 Å². The van der Waals surface area contributed by atoms with Gasteiger partial charge < -0.3 is 14.8 Å². The van der Waals surface area contributed by atoms with E-state index < -0.39 is 22.0 Å². The molecule has 2 aromatic rings. The maximum atomic E-state index is 13.0. The predicted molar refractivity (Wildman–Crippen MR) is 115 cm³/mol. The van der Waals surface area contributed by atoms with E-state index in [4.69, 9.17) is 9.47 Å². The normalized spacial score (nSPS) is 12.2. The minimum absolute atomic E-state index is 0.305. The highest BCUT2D eigenvalue weighted by atomic mass is 32.2. The Kier molecular flexibility index (Phi) is 7.13. The molecular weight excluding hydrogens is 392 g/mol. The van der Waals surface area contributed by atoms with Crippen LogP contribution in [0.3, 0.4) is 0 Å². The van der Waals surface area contributed by atoms with Gasteiger partial charge in [-0.05, 0) is 55.7 Å². The Bertz CT molecular complexity index is 989. The van der Waals surface area contributed by atoms with Crippen molar-refractivity contribution in [3.63, 3.8) is 0 Å². The topological polar surface area (TPSA) is 84.9 Å². The molecule has 0 aliphatic heterocycles. The minimum atomic E-state index is -3.69. The molecule has 1 atom stereocenters. The number of nitrogens with zero attached hydrogens (tertiary/aromatic N) is 1. The van der Waals surface area contributed by atoms with E-state index in [1.165, 1.54) is 18.5 Å². The standard InChI is InChI=1S/C21H28N2O5S/c1-7-18(21(24)22-16-9-11-19(27-4)20(13-16)28-5)23(29(6,25)26)17-10-8-14(2)15(3)12-17/h8-13,18H,7H2,1-6H3,(H,22,24)/t18-/m1/s1. The van der Waals surface area contributed by atoms with Crippen LogP contribution < -0.4 is 19.1 Å². The van der Waals surface area contributed by atoms with E-state index in [9.17, 15) is 13.2 Å². The summed E-state index contributed by atoms with van der Waals surface area (Å²) in [5.74, 6) is 0.571. The molecule has 0 saturated heterocycles. The summed E-state index contributed by atoms with van der Waals surface area (Å²) in [6, 6.07) is 9.42. The number of benzene rings is 2. The lowest BCUT2D eigenvalue weighted by Gasteiger charge is -2.30. The summed E-state index contributed by atoms with van der Waals surface area (Å²) in [5.41, 5.74) is 2.95. The van der Waals surface area contributed by atoms with Gasteiger partial charge in [-0.25, -0.2) is 8.42 Å². The molecular formula is C21H28N2O5S. The van der Waals surface area contributed by atoms with Gasteiger partial charge in [0, 0.05) is 11.8 Å². The highest BCUT2D eigenvalue weighted by Gasteiger charge is 2.31. The highest BCUT2D eigenvalue weighted by Crippen LogP contribution is 2.30. The van der Waals surface area contributed by atoms with Gasteiger partial charge in [-0.3, -0.25) is 9.10 Å². The van der Waals surface area contributed by atoms with Gasteiger partial charge in [0.15, 0.2) is 11.5 Å². The molecule has 1 amide bonds. The van der Waals surface area contributed by atoms with Crippen LogP contribution >= 0.6 is 0 Å². The van der Waals surface area contributed by atoms with Gasteiger partial charge in [0.25, 0.3) is 0 Å². The van der Waals surface area contributed by atoms with E-state index in [1.807, 2.05) is 19.9 Å². The fraction of sp³-hybridized carbons (Fsp3) is 0.381. The molecule has 2 rings (SSSR count). The molecule has 0 heterocycles. The molecule has 0 radical (unpaired) electrons. The number of amides is 1. The molecule has 0 aromatic heterocycles.